The van der Waals surface area contributed by atoms with Gasteiger partial charge in [0.05, 0.1) is 0 Å². The Labute approximate surface area is 75.3 Å². The Hall–Kier alpha value is -0.0800. The molecule has 0 saturated carbocycles. The van der Waals surface area contributed by atoms with Crippen molar-refractivity contribution in [2.45, 2.75) is 19.3 Å². The summed E-state index contributed by atoms with van der Waals surface area (Å²) in [5.41, 5.74) is 2.47. The van der Waals surface area contributed by atoms with Gasteiger partial charge in [-0.15, -0.1) is 5.73 Å². The lowest BCUT2D eigenvalue weighted by Crippen LogP contribution is -1.91. The van der Waals surface area contributed by atoms with Gasteiger partial charge in [0, 0.05) is 12.5 Å². The second kappa shape index (κ2) is 7.03. The van der Waals surface area contributed by atoms with Crippen LogP contribution in [0.25, 0.3) is 0 Å². The van der Waals surface area contributed by atoms with Crippen LogP contribution in [0.4, 0.5) is 0 Å². The van der Waals surface area contributed by atoms with E-state index < -0.39 is 0 Å². The summed E-state index contributed by atoms with van der Waals surface area (Å²) in [5, 5.41) is 0. The van der Waals surface area contributed by atoms with Crippen molar-refractivity contribution in [3.8, 4) is 0 Å². The first-order valence-corrected chi connectivity index (χ1v) is 4.78. The zero-order valence-electron chi connectivity index (χ0n) is 5.90. The van der Waals surface area contributed by atoms with Gasteiger partial charge in [-0.2, -0.15) is 0 Å². The Morgan fingerprint density at radius 3 is 2.80 bits per heavy atom. The molecule has 0 rings (SSSR count). The molecule has 0 aromatic carbocycles. The molecule has 0 aromatic rings. The number of ketones is 1. The summed E-state index contributed by atoms with van der Waals surface area (Å²) >= 11 is 2.31. The quantitative estimate of drug-likeness (QED) is 0.241. The lowest BCUT2D eigenvalue weighted by atomic mass is 10.2. The summed E-state index contributed by atoms with van der Waals surface area (Å²) in [6.07, 6.45) is 4.16. The van der Waals surface area contributed by atoms with Crippen molar-refractivity contribution in [2.24, 2.45) is 0 Å². The minimum Gasteiger partial charge on any atom is -0.294 e. The monoisotopic (exact) mass is 250 g/mol. The van der Waals surface area contributed by atoms with E-state index in [4.69, 9.17) is 0 Å². The van der Waals surface area contributed by atoms with Gasteiger partial charge >= 0.3 is 0 Å². The highest BCUT2D eigenvalue weighted by Crippen LogP contribution is 1.99. The summed E-state index contributed by atoms with van der Waals surface area (Å²) in [6, 6.07) is 0. The fourth-order valence-electron chi connectivity index (χ4n) is 0.580. The topological polar surface area (TPSA) is 17.1 Å². The van der Waals surface area contributed by atoms with E-state index in [0.717, 1.165) is 17.3 Å². The number of rotatable bonds is 5. The van der Waals surface area contributed by atoms with Gasteiger partial charge in [-0.05, 0) is 17.3 Å². The third-order valence-corrected chi connectivity index (χ3v) is 1.83. The van der Waals surface area contributed by atoms with E-state index in [1.165, 1.54) is 6.08 Å². The normalized spacial score (nSPS) is 8.50. The zero-order valence-corrected chi connectivity index (χ0v) is 8.06. The van der Waals surface area contributed by atoms with Crippen LogP contribution in [-0.2, 0) is 4.79 Å². The van der Waals surface area contributed by atoms with E-state index >= 15 is 0 Å². The molecule has 0 fully saturated rings. The smallest absolute Gasteiger partial charge is 0.163 e. The molecular formula is C8H11IO. The zero-order chi connectivity index (χ0) is 7.82. The summed E-state index contributed by atoms with van der Waals surface area (Å²) in [6.45, 7) is 3.33. The van der Waals surface area contributed by atoms with Crippen LogP contribution in [0.2, 0.25) is 0 Å². The molecule has 0 N–H and O–H groups in total. The minimum absolute atomic E-state index is 0.139. The molecule has 0 aliphatic rings. The van der Waals surface area contributed by atoms with Crippen LogP contribution in [0.15, 0.2) is 18.4 Å². The van der Waals surface area contributed by atoms with Crippen molar-refractivity contribution in [1.82, 2.24) is 0 Å². The van der Waals surface area contributed by atoms with Gasteiger partial charge in [-0.25, -0.2) is 0 Å². The molecule has 2 heteroatoms. The van der Waals surface area contributed by atoms with Crippen LogP contribution >= 0.6 is 22.6 Å². The number of carbonyl (C=O) groups excluding carboxylic acids is 1. The fraction of sp³-hybridized carbons (Fsp3) is 0.500. The largest absolute Gasteiger partial charge is 0.294 e. The summed E-state index contributed by atoms with van der Waals surface area (Å²) < 4.78 is 1.13. The van der Waals surface area contributed by atoms with Crippen LogP contribution in [0, 0.1) is 0 Å². The molecule has 0 aliphatic carbocycles. The van der Waals surface area contributed by atoms with Crippen molar-refractivity contribution < 1.29 is 4.79 Å². The average molecular weight is 250 g/mol. The predicted molar refractivity (Wildman–Crippen MR) is 51.5 cm³/mol. The number of unbranched alkanes of at least 4 members (excludes halogenated alkanes) is 1. The fourth-order valence-corrected chi connectivity index (χ4v) is 1.12. The van der Waals surface area contributed by atoms with Gasteiger partial charge in [0.1, 0.15) is 0 Å². The molecule has 0 bridgehead atoms. The number of alkyl halides is 1. The van der Waals surface area contributed by atoms with Crippen molar-refractivity contribution in [3.63, 3.8) is 0 Å². The molecular weight excluding hydrogens is 239 g/mol. The molecule has 0 radical (unpaired) electrons. The lowest BCUT2D eigenvalue weighted by Gasteiger charge is -1.90. The highest BCUT2D eigenvalue weighted by atomic mass is 127. The predicted octanol–water partition coefficient (Wildman–Crippen LogP) is 2.50. The van der Waals surface area contributed by atoms with Crippen LogP contribution in [0.5, 0.6) is 0 Å². The van der Waals surface area contributed by atoms with E-state index in [2.05, 4.69) is 34.9 Å². The Morgan fingerprint density at radius 1 is 1.60 bits per heavy atom. The number of allylic oxidation sites excluding steroid dienone is 1. The molecule has 0 amide bonds. The molecule has 0 heterocycles. The second-order valence-electron chi connectivity index (χ2n) is 1.96. The maximum Gasteiger partial charge on any atom is 0.163 e. The maximum absolute atomic E-state index is 10.8. The standard InChI is InChI=1S/C8H11IO/c1-2-5-8(10)6-3-4-7-9/h5H,1,3-4,6-7H2. The van der Waals surface area contributed by atoms with E-state index in [-0.39, 0.29) is 5.78 Å². The molecule has 0 saturated heterocycles. The Kier molecular flexibility index (Phi) is 6.98. The van der Waals surface area contributed by atoms with Crippen molar-refractivity contribution >= 4 is 28.4 Å². The summed E-state index contributed by atoms with van der Waals surface area (Å²) in [5.74, 6) is 0.139. The van der Waals surface area contributed by atoms with Crippen molar-refractivity contribution in [1.29, 1.82) is 0 Å². The highest BCUT2D eigenvalue weighted by Gasteiger charge is 1.93. The van der Waals surface area contributed by atoms with Crippen molar-refractivity contribution in [2.75, 3.05) is 4.43 Å². The summed E-state index contributed by atoms with van der Waals surface area (Å²) in [4.78, 5) is 10.8. The molecule has 1 nitrogen and oxygen atoms in total. The molecule has 0 unspecified atom stereocenters. The summed E-state index contributed by atoms with van der Waals surface area (Å²) in [7, 11) is 0. The highest BCUT2D eigenvalue weighted by molar-refractivity contribution is 14.1. The third-order valence-electron chi connectivity index (χ3n) is 1.07. The van der Waals surface area contributed by atoms with Gasteiger partial charge in [0.15, 0.2) is 5.78 Å². The Bertz CT molecular complexity index is 145. The van der Waals surface area contributed by atoms with Gasteiger partial charge in [0.25, 0.3) is 0 Å². The number of hydrogen-bond donors (Lipinski definition) is 0. The van der Waals surface area contributed by atoms with Crippen LogP contribution in [0.3, 0.4) is 0 Å². The van der Waals surface area contributed by atoms with E-state index in [0.29, 0.717) is 6.42 Å². The maximum atomic E-state index is 10.8. The average Bonchev–Trinajstić information content (AvgIpc) is 1.89. The van der Waals surface area contributed by atoms with E-state index in [1.807, 2.05) is 0 Å². The van der Waals surface area contributed by atoms with E-state index in [9.17, 15) is 4.79 Å². The van der Waals surface area contributed by atoms with Gasteiger partial charge < -0.3 is 0 Å². The van der Waals surface area contributed by atoms with Crippen LogP contribution in [0.1, 0.15) is 19.3 Å². The van der Waals surface area contributed by atoms with Gasteiger partial charge in [-0.3, -0.25) is 4.79 Å². The molecule has 0 aliphatic heterocycles. The minimum atomic E-state index is 0.139. The SMILES string of the molecule is C=C=CC(=O)CCCCI. The van der Waals surface area contributed by atoms with Crippen LogP contribution in [-0.4, -0.2) is 10.2 Å². The van der Waals surface area contributed by atoms with Crippen LogP contribution < -0.4 is 0 Å². The van der Waals surface area contributed by atoms with Gasteiger partial charge in [-0.1, -0.05) is 29.2 Å². The molecule has 0 spiro atoms. The molecule has 10 heavy (non-hydrogen) atoms. The number of hydrogen-bond acceptors (Lipinski definition) is 1. The van der Waals surface area contributed by atoms with E-state index in [1.54, 1.807) is 0 Å². The Balaban J connectivity index is 3.31. The molecule has 0 aromatic heterocycles. The second-order valence-corrected chi connectivity index (χ2v) is 3.04. The molecule has 0 atom stereocenters. The number of carbonyl (C=O) groups is 1. The molecule has 56 valence electrons. The number of halogens is 1. The third kappa shape index (κ3) is 6.05. The lowest BCUT2D eigenvalue weighted by molar-refractivity contribution is -0.114. The Morgan fingerprint density at radius 2 is 2.30 bits per heavy atom. The first-order valence-electron chi connectivity index (χ1n) is 3.26. The van der Waals surface area contributed by atoms with Gasteiger partial charge in [0.2, 0.25) is 0 Å². The first-order chi connectivity index (χ1) is 4.81. The first kappa shape index (κ1) is 9.92. The van der Waals surface area contributed by atoms with Crippen molar-refractivity contribution in [3.05, 3.63) is 18.4 Å².